The van der Waals surface area contributed by atoms with Crippen LogP contribution in [0.3, 0.4) is 0 Å². The fourth-order valence-corrected chi connectivity index (χ4v) is 5.68. The van der Waals surface area contributed by atoms with Crippen molar-refractivity contribution in [1.82, 2.24) is 4.90 Å². The second kappa shape index (κ2) is 7.35. The van der Waals surface area contributed by atoms with Crippen LogP contribution in [0.15, 0.2) is 54.6 Å². The van der Waals surface area contributed by atoms with Crippen LogP contribution in [0.1, 0.15) is 43.6 Å². The van der Waals surface area contributed by atoms with Gasteiger partial charge in [-0.25, -0.2) is 0 Å². The van der Waals surface area contributed by atoms with Gasteiger partial charge in [-0.3, -0.25) is 29.4 Å². The molecule has 5 rings (SSSR count). The molecule has 0 aromatic heterocycles. The number of allylic oxidation sites excluding steroid dienone is 1. The minimum Gasteiger partial charge on any atom is -0.352 e. The van der Waals surface area contributed by atoms with Crippen LogP contribution in [-0.2, 0) is 9.59 Å². The first-order valence-electron chi connectivity index (χ1n) is 11.2. The molecular formula is C26H25N3O5. The number of imide groups is 1. The van der Waals surface area contributed by atoms with E-state index in [0.717, 1.165) is 16.8 Å². The lowest BCUT2D eigenvalue weighted by Crippen LogP contribution is -2.52. The summed E-state index contributed by atoms with van der Waals surface area (Å²) in [6, 6.07) is 11.7. The van der Waals surface area contributed by atoms with Gasteiger partial charge in [-0.15, -0.1) is 0 Å². The number of Topliss-reactive ketones (excluding diaryl/α,β-unsaturated/α-hetero) is 1. The van der Waals surface area contributed by atoms with Gasteiger partial charge in [0.25, 0.3) is 5.69 Å². The number of carbonyl (C=O) groups is 3. The van der Waals surface area contributed by atoms with E-state index in [1.165, 1.54) is 29.2 Å². The van der Waals surface area contributed by atoms with Crippen molar-refractivity contribution in [2.75, 3.05) is 4.90 Å². The highest BCUT2D eigenvalue weighted by molar-refractivity contribution is 6.14. The van der Waals surface area contributed by atoms with Gasteiger partial charge in [0.05, 0.1) is 22.8 Å². The number of amides is 2. The van der Waals surface area contributed by atoms with E-state index in [0.29, 0.717) is 0 Å². The molecule has 0 aliphatic carbocycles. The summed E-state index contributed by atoms with van der Waals surface area (Å²) in [6.07, 6.45) is 1.99. The number of likely N-dealkylation sites (tertiary alicyclic amines) is 1. The molecule has 0 unspecified atom stereocenters. The Bertz CT molecular complexity index is 1270. The van der Waals surface area contributed by atoms with Gasteiger partial charge in [-0.1, -0.05) is 24.3 Å². The fourth-order valence-electron chi connectivity index (χ4n) is 5.68. The molecule has 3 aliphatic heterocycles. The minimum absolute atomic E-state index is 0.119. The van der Waals surface area contributed by atoms with Crippen molar-refractivity contribution in [3.05, 3.63) is 75.8 Å². The van der Waals surface area contributed by atoms with Crippen LogP contribution in [0.4, 0.5) is 11.4 Å². The maximum absolute atomic E-state index is 13.9. The lowest BCUT2D eigenvalue weighted by Gasteiger charge is -2.39. The molecule has 0 saturated carbocycles. The summed E-state index contributed by atoms with van der Waals surface area (Å²) in [5.74, 6) is -2.45. The second-order valence-electron chi connectivity index (χ2n) is 10.1. The molecule has 0 spiro atoms. The molecule has 2 amide bonds. The topological polar surface area (TPSA) is 101 Å². The molecule has 0 bridgehead atoms. The number of rotatable bonds is 3. The molecule has 2 aromatic rings. The minimum atomic E-state index is -0.897. The molecule has 3 aliphatic rings. The number of nitro benzene ring substituents is 1. The molecule has 8 heteroatoms. The van der Waals surface area contributed by atoms with Crippen molar-refractivity contribution in [3.63, 3.8) is 0 Å². The number of hydrogen-bond acceptors (Lipinski definition) is 6. The van der Waals surface area contributed by atoms with E-state index >= 15 is 0 Å². The number of nitro groups is 1. The van der Waals surface area contributed by atoms with Crippen LogP contribution in [0.25, 0.3) is 5.57 Å². The highest BCUT2D eigenvalue weighted by Gasteiger charge is 2.65. The zero-order valence-electron chi connectivity index (χ0n) is 19.4. The number of benzene rings is 2. The molecule has 174 valence electrons. The molecule has 2 aromatic carbocycles. The number of fused-ring (bicyclic) bond motifs is 5. The quantitative estimate of drug-likeness (QED) is 0.299. The van der Waals surface area contributed by atoms with E-state index in [9.17, 15) is 24.5 Å². The summed E-state index contributed by atoms with van der Waals surface area (Å²) in [5, 5.41) is 11.1. The average molecular weight is 460 g/mol. The molecule has 8 nitrogen and oxygen atoms in total. The first-order chi connectivity index (χ1) is 16.0. The fraction of sp³-hybridized carbons (Fsp3) is 0.346. The summed E-state index contributed by atoms with van der Waals surface area (Å²) >= 11 is 0. The zero-order chi connectivity index (χ0) is 24.5. The highest BCUT2D eigenvalue weighted by atomic mass is 16.6. The van der Waals surface area contributed by atoms with E-state index in [1.807, 2.05) is 62.9 Å². The van der Waals surface area contributed by atoms with E-state index in [4.69, 9.17) is 0 Å². The summed E-state index contributed by atoms with van der Waals surface area (Å²) in [6.45, 7) is 7.41. The van der Waals surface area contributed by atoms with Gasteiger partial charge in [-0.05, 0) is 51.5 Å². The highest BCUT2D eigenvalue weighted by Crippen LogP contribution is 2.51. The molecule has 2 fully saturated rings. The van der Waals surface area contributed by atoms with Crippen LogP contribution in [0.2, 0.25) is 0 Å². The SMILES string of the molecule is CC1=C[C@@H]2[C@@H]3C(=O)N(C(C)(C)C)C(=O)[C@H]3[C@H](C(=O)c3ccc([N+](=O)[O-])cc3)N2c2ccccc21. The van der Waals surface area contributed by atoms with Crippen LogP contribution < -0.4 is 4.90 Å². The monoisotopic (exact) mass is 459 g/mol. The maximum atomic E-state index is 13.9. The number of nitrogens with zero attached hydrogens (tertiary/aromatic N) is 3. The molecule has 0 radical (unpaired) electrons. The number of para-hydroxylation sites is 1. The van der Waals surface area contributed by atoms with Gasteiger partial charge >= 0.3 is 0 Å². The zero-order valence-corrected chi connectivity index (χ0v) is 19.4. The largest absolute Gasteiger partial charge is 0.352 e. The first kappa shape index (κ1) is 22.0. The summed E-state index contributed by atoms with van der Waals surface area (Å²) in [7, 11) is 0. The summed E-state index contributed by atoms with van der Waals surface area (Å²) in [4.78, 5) is 55.0. The summed E-state index contributed by atoms with van der Waals surface area (Å²) < 4.78 is 0. The van der Waals surface area contributed by atoms with Gasteiger partial charge in [0.15, 0.2) is 5.78 Å². The van der Waals surface area contributed by atoms with Crippen LogP contribution in [0.5, 0.6) is 0 Å². The van der Waals surface area contributed by atoms with Crippen molar-refractivity contribution in [2.24, 2.45) is 11.8 Å². The second-order valence-corrected chi connectivity index (χ2v) is 10.1. The van der Waals surface area contributed by atoms with Crippen LogP contribution >= 0.6 is 0 Å². The van der Waals surface area contributed by atoms with E-state index in [-0.39, 0.29) is 28.8 Å². The van der Waals surface area contributed by atoms with Crippen LogP contribution in [-0.4, -0.2) is 45.0 Å². The van der Waals surface area contributed by atoms with Crippen molar-refractivity contribution < 1.29 is 19.3 Å². The lowest BCUT2D eigenvalue weighted by molar-refractivity contribution is -0.384. The normalized spacial score (nSPS) is 25.6. The van der Waals surface area contributed by atoms with Crippen molar-refractivity contribution in [3.8, 4) is 0 Å². The smallest absolute Gasteiger partial charge is 0.269 e. The number of non-ortho nitro benzene ring substituents is 1. The Morgan fingerprint density at radius 1 is 0.971 bits per heavy atom. The maximum Gasteiger partial charge on any atom is 0.269 e. The van der Waals surface area contributed by atoms with Crippen molar-refractivity contribution in [2.45, 2.75) is 45.3 Å². The van der Waals surface area contributed by atoms with Crippen molar-refractivity contribution in [1.29, 1.82) is 0 Å². The average Bonchev–Trinajstić information content (AvgIpc) is 3.26. The third kappa shape index (κ3) is 3.01. The van der Waals surface area contributed by atoms with Gasteiger partial charge in [0.1, 0.15) is 6.04 Å². The Kier molecular flexibility index (Phi) is 4.76. The lowest BCUT2D eigenvalue weighted by atomic mass is 9.85. The predicted octanol–water partition coefficient (Wildman–Crippen LogP) is 3.85. The van der Waals surface area contributed by atoms with Gasteiger partial charge in [-0.2, -0.15) is 0 Å². The number of anilines is 1. The molecular weight excluding hydrogens is 434 g/mol. The number of ketones is 1. The third-order valence-corrected chi connectivity index (χ3v) is 7.06. The van der Waals surface area contributed by atoms with Crippen molar-refractivity contribution >= 4 is 34.5 Å². The molecule has 0 N–H and O–H groups in total. The Morgan fingerprint density at radius 2 is 1.59 bits per heavy atom. The van der Waals surface area contributed by atoms with Crippen LogP contribution in [0, 0.1) is 22.0 Å². The van der Waals surface area contributed by atoms with Gasteiger partial charge in [0, 0.05) is 34.5 Å². The predicted molar refractivity (Wildman–Crippen MR) is 126 cm³/mol. The Morgan fingerprint density at radius 3 is 2.21 bits per heavy atom. The molecule has 34 heavy (non-hydrogen) atoms. The Labute approximate surface area is 197 Å². The number of hydrogen-bond donors (Lipinski definition) is 0. The standard InChI is InChI=1S/C26H25N3O5/c1-14-13-19-20-21(25(32)28(24(20)31)26(2,3)4)22(27(19)18-8-6-5-7-17(14)18)23(30)15-9-11-16(12-10-15)29(33)34/h5-13,19-22H,1-4H3/t19-,20+,21-,22-/m1/s1. The van der Waals surface area contributed by atoms with E-state index in [2.05, 4.69) is 0 Å². The van der Waals surface area contributed by atoms with E-state index < -0.39 is 34.4 Å². The van der Waals surface area contributed by atoms with Gasteiger partial charge < -0.3 is 4.90 Å². The molecule has 2 saturated heterocycles. The molecule has 4 atom stereocenters. The van der Waals surface area contributed by atoms with E-state index in [1.54, 1.807) is 0 Å². The summed E-state index contributed by atoms with van der Waals surface area (Å²) in [5.41, 5.74) is 2.20. The Hall–Kier alpha value is -3.81. The Balaban J connectivity index is 1.67. The molecule has 3 heterocycles. The first-order valence-corrected chi connectivity index (χ1v) is 11.2. The number of carbonyl (C=O) groups excluding carboxylic acids is 3. The third-order valence-electron chi connectivity index (χ3n) is 7.06. The van der Waals surface area contributed by atoms with Gasteiger partial charge in [0.2, 0.25) is 11.8 Å².